The molecule has 1 fully saturated rings. The molecule has 20 heavy (non-hydrogen) atoms. The lowest BCUT2D eigenvalue weighted by Gasteiger charge is -2.27. The van der Waals surface area contributed by atoms with E-state index in [0.717, 1.165) is 17.7 Å². The van der Waals surface area contributed by atoms with Gasteiger partial charge in [0.15, 0.2) is 0 Å². The molecule has 2 rings (SSSR count). The van der Waals surface area contributed by atoms with Gasteiger partial charge < -0.3 is 5.32 Å². The molecule has 1 N–H and O–H groups in total. The average Bonchev–Trinajstić information content (AvgIpc) is 2.48. The van der Waals surface area contributed by atoms with Gasteiger partial charge in [0.1, 0.15) is 0 Å². The molecule has 0 bridgehead atoms. The Morgan fingerprint density at radius 1 is 1.20 bits per heavy atom. The van der Waals surface area contributed by atoms with Crippen molar-refractivity contribution in [3.8, 4) is 0 Å². The number of nitrogens with one attached hydrogen (secondary N) is 1. The van der Waals surface area contributed by atoms with Crippen molar-refractivity contribution < 1.29 is 0 Å². The number of thioether (sulfide) groups is 1. The summed E-state index contributed by atoms with van der Waals surface area (Å²) in [6, 6.07) is 9.56. The van der Waals surface area contributed by atoms with Gasteiger partial charge in [-0.3, -0.25) is 0 Å². The lowest BCUT2D eigenvalue weighted by Crippen LogP contribution is -2.18. The second kappa shape index (κ2) is 8.09. The van der Waals surface area contributed by atoms with E-state index in [1.165, 1.54) is 42.6 Å². The maximum absolute atomic E-state index is 3.50. The highest BCUT2D eigenvalue weighted by Gasteiger charge is 2.20. The first-order chi connectivity index (χ1) is 9.72. The monoisotopic (exact) mass is 291 g/mol. The van der Waals surface area contributed by atoms with Gasteiger partial charge in [-0.15, -0.1) is 11.8 Å². The third-order valence-electron chi connectivity index (χ3n) is 4.54. The second-order valence-corrected chi connectivity index (χ2v) is 7.39. The van der Waals surface area contributed by atoms with E-state index in [-0.39, 0.29) is 0 Å². The van der Waals surface area contributed by atoms with Crippen molar-refractivity contribution in [1.82, 2.24) is 5.32 Å². The predicted octanol–water partition coefficient (Wildman–Crippen LogP) is 5.42. The van der Waals surface area contributed by atoms with Crippen molar-refractivity contribution >= 4 is 11.8 Å². The first-order valence-corrected chi connectivity index (χ1v) is 9.10. The predicted molar refractivity (Wildman–Crippen MR) is 90.4 cm³/mol. The maximum atomic E-state index is 3.50. The lowest BCUT2D eigenvalue weighted by molar-refractivity contribution is 0.356. The molecule has 1 aliphatic carbocycles. The highest BCUT2D eigenvalue weighted by molar-refractivity contribution is 8.00. The van der Waals surface area contributed by atoms with Crippen LogP contribution in [0.2, 0.25) is 0 Å². The molecule has 0 saturated heterocycles. The van der Waals surface area contributed by atoms with Crippen LogP contribution in [0.1, 0.15) is 64.5 Å². The van der Waals surface area contributed by atoms with E-state index in [1.54, 1.807) is 0 Å². The van der Waals surface area contributed by atoms with Crippen LogP contribution >= 0.6 is 11.8 Å². The molecule has 0 aromatic heterocycles. The van der Waals surface area contributed by atoms with Crippen molar-refractivity contribution in [2.45, 2.75) is 69.1 Å². The summed E-state index contributed by atoms with van der Waals surface area (Å²) in [6.45, 7) is 7.78. The summed E-state index contributed by atoms with van der Waals surface area (Å²) in [5.41, 5.74) is 1.42. The fraction of sp³-hybridized carbons (Fsp3) is 0.667. The van der Waals surface area contributed by atoms with Crippen LogP contribution in [-0.4, -0.2) is 11.8 Å². The molecule has 0 heterocycles. The first kappa shape index (κ1) is 15.9. The van der Waals surface area contributed by atoms with E-state index in [1.807, 2.05) is 0 Å². The summed E-state index contributed by atoms with van der Waals surface area (Å²) in [6.07, 6.45) is 7.03. The molecule has 1 nitrogen and oxygen atoms in total. The number of rotatable bonds is 6. The Hall–Kier alpha value is -0.470. The third-order valence-corrected chi connectivity index (χ3v) is 5.87. The van der Waals surface area contributed by atoms with E-state index in [4.69, 9.17) is 0 Å². The van der Waals surface area contributed by atoms with Crippen molar-refractivity contribution in [3.05, 3.63) is 29.8 Å². The summed E-state index contributed by atoms with van der Waals surface area (Å²) in [4.78, 5) is 1.45. The molecular weight excluding hydrogens is 262 g/mol. The van der Waals surface area contributed by atoms with Gasteiger partial charge in [-0.1, -0.05) is 32.4 Å². The minimum atomic E-state index is 0.455. The van der Waals surface area contributed by atoms with Gasteiger partial charge >= 0.3 is 0 Å². The molecule has 1 aliphatic rings. The summed E-state index contributed by atoms with van der Waals surface area (Å²) < 4.78 is 0. The van der Waals surface area contributed by atoms with Gasteiger partial charge in [-0.05, 0) is 62.8 Å². The van der Waals surface area contributed by atoms with Gasteiger partial charge in [-0.25, -0.2) is 0 Å². The minimum Gasteiger partial charge on any atom is -0.310 e. The first-order valence-electron chi connectivity index (χ1n) is 8.22. The number of hydrogen-bond donors (Lipinski definition) is 1. The fourth-order valence-corrected chi connectivity index (χ4v) is 4.39. The number of hydrogen-bond acceptors (Lipinski definition) is 2. The van der Waals surface area contributed by atoms with Crippen molar-refractivity contribution in [1.29, 1.82) is 0 Å². The highest BCUT2D eigenvalue weighted by Crippen LogP contribution is 2.37. The standard InChI is InChI=1S/C18H29NS/c1-4-15-9-11-17(12-10-15)20-18-8-6-7-16(13-18)14(3)19-5-2/h6-8,13-15,17,19H,4-5,9-12H2,1-3H3. The van der Waals surface area contributed by atoms with Gasteiger partial charge in [0.25, 0.3) is 0 Å². The highest BCUT2D eigenvalue weighted by atomic mass is 32.2. The van der Waals surface area contributed by atoms with Crippen molar-refractivity contribution in [2.75, 3.05) is 6.54 Å². The van der Waals surface area contributed by atoms with Crippen LogP contribution in [0.5, 0.6) is 0 Å². The topological polar surface area (TPSA) is 12.0 Å². The van der Waals surface area contributed by atoms with Crippen LogP contribution < -0.4 is 5.32 Å². The van der Waals surface area contributed by atoms with Crippen LogP contribution in [0.4, 0.5) is 0 Å². The van der Waals surface area contributed by atoms with Gasteiger partial charge in [0, 0.05) is 16.2 Å². The molecule has 112 valence electrons. The quantitative estimate of drug-likeness (QED) is 0.751. The number of benzene rings is 1. The van der Waals surface area contributed by atoms with E-state index in [9.17, 15) is 0 Å². The molecule has 1 aromatic rings. The van der Waals surface area contributed by atoms with E-state index in [2.05, 4.69) is 62.1 Å². The molecule has 1 unspecified atom stereocenters. The third kappa shape index (κ3) is 4.53. The molecular formula is C18H29NS. The van der Waals surface area contributed by atoms with Crippen molar-refractivity contribution in [3.63, 3.8) is 0 Å². The Kier molecular flexibility index (Phi) is 6.44. The van der Waals surface area contributed by atoms with E-state index >= 15 is 0 Å². The van der Waals surface area contributed by atoms with Crippen LogP contribution in [0, 0.1) is 5.92 Å². The van der Waals surface area contributed by atoms with Gasteiger partial charge in [0.05, 0.1) is 0 Å². The largest absolute Gasteiger partial charge is 0.310 e. The van der Waals surface area contributed by atoms with E-state index in [0.29, 0.717) is 6.04 Å². The molecule has 0 aliphatic heterocycles. The van der Waals surface area contributed by atoms with E-state index < -0.39 is 0 Å². The maximum Gasteiger partial charge on any atom is 0.0292 e. The lowest BCUT2D eigenvalue weighted by atomic mass is 9.87. The molecule has 0 radical (unpaired) electrons. The van der Waals surface area contributed by atoms with Gasteiger partial charge in [-0.2, -0.15) is 0 Å². The summed E-state index contributed by atoms with van der Waals surface area (Å²) in [7, 11) is 0. The Balaban J connectivity index is 1.91. The molecule has 0 spiro atoms. The summed E-state index contributed by atoms with van der Waals surface area (Å²) in [5.74, 6) is 0.993. The minimum absolute atomic E-state index is 0.455. The van der Waals surface area contributed by atoms with Crippen LogP contribution in [0.3, 0.4) is 0 Å². The Labute approximate surface area is 128 Å². The van der Waals surface area contributed by atoms with Crippen LogP contribution in [0.15, 0.2) is 29.2 Å². The summed E-state index contributed by atoms with van der Waals surface area (Å²) >= 11 is 2.10. The Bertz CT molecular complexity index is 396. The zero-order chi connectivity index (χ0) is 14.4. The Morgan fingerprint density at radius 2 is 1.95 bits per heavy atom. The van der Waals surface area contributed by atoms with Crippen molar-refractivity contribution in [2.24, 2.45) is 5.92 Å². The molecule has 0 amide bonds. The molecule has 1 saturated carbocycles. The molecule has 2 heteroatoms. The average molecular weight is 292 g/mol. The fourth-order valence-electron chi connectivity index (χ4n) is 3.13. The van der Waals surface area contributed by atoms with Gasteiger partial charge in [0.2, 0.25) is 0 Å². The molecule has 1 aromatic carbocycles. The summed E-state index contributed by atoms with van der Waals surface area (Å²) in [5, 5.41) is 4.33. The Morgan fingerprint density at radius 3 is 2.60 bits per heavy atom. The zero-order valence-corrected chi connectivity index (χ0v) is 14.0. The van der Waals surface area contributed by atoms with Crippen LogP contribution in [0.25, 0.3) is 0 Å². The van der Waals surface area contributed by atoms with Crippen LogP contribution in [-0.2, 0) is 0 Å². The SMILES string of the molecule is CCNC(C)c1cccc(SC2CCC(CC)CC2)c1. The second-order valence-electron chi connectivity index (χ2n) is 6.02. The normalized spacial score (nSPS) is 24.6. The molecule has 1 atom stereocenters. The smallest absolute Gasteiger partial charge is 0.0292 e. The zero-order valence-electron chi connectivity index (χ0n) is 13.2.